The van der Waals surface area contributed by atoms with Crippen LogP contribution in [-0.4, -0.2) is 0 Å². The zero-order chi connectivity index (χ0) is 24.6. The molecule has 3 rings (SSSR count). The van der Waals surface area contributed by atoms with E-state index < -0.39 is 0 Å². The lowest BCUT2D eigenvalue weighted by molar-refractivity contribution is 0.470. The zero-order valence-corrected chi connectivity index (χ0v) is 22.6. The third-order valence-corrected chi connectivity index (χ3v) is 8.07. The first kappa shape index (κ1) is 26.3. The summed E-state index contributed by atoms with van der Waals surface area (Å²) in [7, 11) is 0. The molecule has 3 aromatic carbocycles. The molecule has 0 heterocycles. The van der Waals surface area contributed by atoms with Crippen molar-refractivity contribution in [2.24, 2.45) is 0 Å². The molecule has 0 bridgehead atoms. The Morgan fingerprint density at radius 2 is 0.882 bits per heavy atom. The molecule has 0 spiro atoms. The highest BCUT2D eigenvalue weighted by Crippen LogP contribution is 2.42. The van der Waals surface area contributed by atoms with Crippen LogP contribution >= 0.6 is 0 Å². The molecule has 34 heavy (non-hydrogen) atoms. The molecule has 0 radical (unpaired) electrons. The Balaban J connectivity index is 2.08. The summed E-state index contributed by atoms with van der Waals surface area (Å²) in [4.78, 5) is 0. The van der Waals surface area contributed by atoms with Gasteiger partial charge in [-0.2, -0.15) is 0 Å². The molecule has 2 atom stereocenters. The highest BCUT2D eigenvalue weighted by Gasteiger charge is 2.32. The van der Waals surface area contributed by atoms with Gasteiger partial charge in [-0.25, -0.2) is 0 Å². The van der Waals surface area contributed by atoms with Crippen LogP contribution in [0.4, 0.5) is 0 Å². The van der Waals surface area contributed by atoms with E-state index in [9.17, 15) is 0 Å². The van der Waals surface area contributed by atoms with Gasteiger partial charge < -0.3 is 0 Å². The molecular weight excluding hydrogens is 408 g/mol. The van der Waals surface area contributed by atoms with E-state index in [1.807, 2.05) is 0 Å². The summed E-state index contributed by atoms with van der Waals surface area (Å²) in [5, 5.41) is 0. The maximum Gasteiger partial charge on any atom is 0.0174 e. The van der Waals surface area contributed by atoms with E-state index in [0.717, 1.165) is 0 Å². The molecule has 0 N–H and O–H groups in total. The maximum absolute atomic E-state index is 2.54. The van der Waals surface area contributed by atoms with Crippen molar-refractivity contribution in [3.63, 3.8) is 0 Å². The smallest absolute Gasteiger partial charge is 0.0174 e. The summed E-state index contributed by atoms with van der Waals surface area (Å²) in [6.07, 6.45) is 9.99. The van der Waals surface area contributed by atoms with E-state index in [0.29, 0.717) is 0 Å². The average Bonchev–Trinajstić information content (AvgIpc) is 2.85. The summed E-state index contributed by atoms with van der Waals surface area (Å²) < 4.78 is 0. The Hall–Kier alpha value is -2.34. The summed E-state index contributed by atoms with van der Waals surface area (Å²) in [5.41, 5.74) is 8.50. The van der Waals surface area contributed by atoms with Crippen LogP contribution in [0, 0.1) is 13.8 Å². The fourth-order valence-electron chi connectivity index (χ4n) is 5.42. The summed E-state index contributed by atoms with van der Waals surface area (Å²) in [5.74, 6) is 0. The second kappa shape index (κ2) is 11.9. The molecule has 0 amide bonds. The van der Waals surface area contributed by atoms with Crippen LogP contribution in [0.3, 0.4) is 0 Å². The van der Waals surface area contributed by atoms with E-state index in [1.165, 1.54) is 84.7 Å². The van der Waals surface area contributed by atoms with Gasteiger partial charge in [0.15, 0.2) is 0 Å². The molecule has 2 unspecified atom stereocenters. The largest absolute Gasteiger partial charge is 0.0654 e. The Labute approximate surface area is 209 Å². The topological polar surface area (TPSA) is 0 Å². The fraction of sp³-hybridized carbons (Fsp3) is 0.471. The Kier molecular flexibility index (Phi) is 9.17. The predicted molar refractivity (Wildman–Crippen MR) is 150 cm³/mol. The molecule has 0 aliphatic rings. The van der Waals surface area contributed by atoms with Crippen LogP contribution in [0.15, 0.2) is 72.8 Å². The summed E-state index contributed by atoms with van der Waals surface area (Å²) >= 11 is 0. The van der Waals surface area contributed by atoms with E-state index in [1.54, 1.807) is 0 Å². The lowest BCUT2D eigenvalue weighted by Crippen LogP contribution is -2.27. The van der Waals surface area contributed by atoms with Crippen molar-refractivity contribution in [3.05, 3.63) is 106 Å². The van der Waals surface area contributed by atoms with Crippen LogP contribution in [0.2, 0.25) is 0 Å². The molecular formula is C34H46. The van der Waals surface area contributed by atoms with E-state index in [-0.39, 0.29) is 10.8 Å². The number of unbranched alkanes of at least 4 members (excludes halogenated alkanes) is 4. The third-order valence-electron chi connectivity index (χ3n) is 8.07. The zero-order valence-electron chi connectivity index (χ0n) is 22.6. The SMILES string of the molecule is CCCCCC(C)(c1ccc(C)cc1)c1cccc(C(C)(CCCCC)c2ccc(C)cc2)c1. The van der Waals surface area contributed by atoms with Gasteiger partial charge in [-0.05, 0) is 48.9 Å². The van der Waals surface area contributed by atoms with Gasteiger partial charge in [-0.15, -0.1) is 0 Å². The second-order valence-electron chi connectivity index (χ2n) is 10.9. The van der Waals surface area contributed by atoms with Gasteiger partial charge in [0.25, 0.3) is 0 Å². The van der Waals surface area contributed by atoms with E-state index in [2.05, 4.69) is 114 Å². The average molecular weight is 455 g/mol. The van der Waals surface area contributed by atoms with Gasteiger partial charge in [0, 0.05) is 10.8 Å². The predicted octanol–water partition coefficient (Wildman–Crippen LogP) is 10.1. The molecule has 0 nitrogen and oxygen atoms in total. The molecule has 3 aromatic rings. The molecule has 0 heteroatoms. The Bertz CT molecular complexity index is 930. The van der Waals surface area contributed by atoms with Crippen LogP contribution < -0.4 is 0 Å². The van der Waals surface area contributed by atoms with Gasteiger partial charge in [0.05, 0.1) is 0 Å². The van der Waals surface area contributed by atoms with Gasteiger partial charge in [0.1, 0.15) is 0 Å². The molecule has 0 aromatic heterocycles. The van der Waals surface area contributed by atoms with Crippen LogP contribution in [0.5, 0.6) is 0 Å². The van der Waals surface area contributed by atoms with Gasteiger partial charge in [-0.1, -0.05) is 150 Å². The number of hydrogen-bond donors (Lipinski definition) is 0. The van der Waals surface area contributed by atoms with Gasteiger partial charge in [-0.3, -0.25) is 0 Å². The number of rotatable bonds is 12. The normalized spacial score (nSPS) is 15.0. The highest BCUT2D eigenvalue weighted by molar-refractivity contribution is 5.46. The van der Waals surface area contributed by atoms with Gasteiger partial charge >= 0.3 is 0 Å². The lowest BCUT2D eigenvalue weighted by Gasteiger charge is -2.35. The second-order valence-corrected chi connectivity index (χ2v) is 10.9. The third kappa shape index (κ3) is 6.01. The summed E-state index contributed by atoms with van der Waals surface area (Å²) in [6.45, 7) is 13.9. The minimum Gasteiger partial charge on any atom is -0.0654 e. The van der Waals surface area contributed by atoms with Crippen molar-refractivity contribution in [2.45, 2.75) is 104 Å². The van der Waals surface area contributed by atoms with Crippen LogP contribution in [-0.2, 0) is 10.8 Å². The maximum atomic E-state index is 2.54. The Morgan fingerprint density at radius 3 is 1.24 bits per heavy atom. The first-order valence-corrected chi connectivity index (χ1v) is 13.6. The van der Waals surface area contributed by atoms with Crippen molar-refractivity contribution in [1.82, 2.24) is 0 Å². The number of benzene rings is 3. The standard InChI is InChI=1S/C34H46/c1-7-9-11-24-33(5,29-20-16-27(3)17-21-29)31-14-13-15-32(26-31)34(6,25-12-10-8-2)30-22-18-28(4)19-23-30/h13-23,26H,7-12,24-25H2,1-6H3. The Morgan fingerprint density at radius 1 is 0.500 bits per heavy atom. The lowest BCUT2D eigenvalue weighted by atomic mass is 9.68. The van der Waals surface area contributed by atoms with Crippen molar-refractivity contribution in [3.8, 4) is 0 Å². The fourth-order valence-corrected chi connectivity index (χ4v) is 5.42. The molecule has 0 aliphatic heterocycles. The number of aryl methyl sites for hydroxylation is 2. The van der Waals surface area contributed by atoms with Crippen molar-refractivity contribution < 1.29 is 0 Å². The quantitative estimate of drug-likeness (QED) is 0.239. The highest BCUT2D eigenvalue weighted by atomic mass is 14.4. The molecule has 0 aliphatic carbocycles. The van der Waals surface area contributed by atoms with E-state index in [4.69, 9.17) is 0 Å². The summed E-state index contributed by atoms with van der Waals surface area (Å²) in [6, 6.07) is 28.1. The minimum absolute atomic E-state index is 0.0243. The minimum atomic E-state index is 0.0243. The first-order chi connectivity index (χ1) is 16.3. The van der Waals surface area contributed by atoms with Crippen LogP contribution in [0.25, 0.3) is 0 Å². The van der Waals surface area contributed by atoms with Crippen LogP contribution in [0.1, 0.15) is 112 Å². The molecule has 182 valence electrons. The molecule has 0 saturated heterocycles. The van der Waals surface area contributed by atoms with Crippen molar-refractivity contribution in [2.75, 3.05) is 0 Å². The number of hydrogen-bond acceptors (Lipinski definition) is 0. The first-order valence-electron chi connectivity index (χ1n) is 13.6. The molecule has 0 fully saturated rings. The van der Waals surface area contributed by atoms with Crippen molar-refractivity contribution >= 4 is 0 Å². The van der Waals surface area contributed by atoms with Crippen molar-refractivity contribution in [1.29, 1.82) is 0 Å². The van der Waals surface area contributed by atoms with Gasteiger partial charge in [0.2, 0.25) is 0 Å². The monoisotopic (exact) mass is 454 g/mol. The molecule has 0 saturated carbocycles. The van der Waals surface area contributed by atoms with E-state index >= 15 is 0 Å².